The largest absolute Gasteiger partial charge is 0.326 e. The number of hydrogen-bond acceptors (Lipinski definition) is 2. The van der Waals surface area contributed by atoms with Gasteiger partial charge in [-0.2, -0.15) is 0 Å². The molecule has 49 heavy (non-hydrogen) atoms. The van der Waals surface area contributed by atoms with E-state index in [0.29, 0.717) is 12.8 Å². The summed E-state index contributed by atoms with van der Waals surface area (Å²) in [4.78, 5) is 25.5. The number of unbranched alkanes of at least 4 members (excludes halogenated alkanes) is 20. The van der Waals surface area contributed by atoms with Gasteiger partial charge in [-0.15, -0.1) is 0 Å². The Hall–Kier alpha value is -2.62. The summed E-state index contributed by atoms with van der Waals surface area (Å²) in [6.07, 6.45) is 30.4. The third kappa shape index (κ3) is 18.8. The molecule has 2 N–H and O–H groups in total. The molecule has 0 saturated heterocycles. The lowest BCUT2D eigenvalue weighted by Gasteiger charge is -2.16. The van der Waals surface area contributed by atoms with E-state index >= 15 is 0 Å². The standard InChI is InChI=1S/C45H74N2O2/c1-7-9-11-13-15-17-19-21-23-25-27-29-42(48)46-44-36(3)31-40(32-37(44)4)35-41-33-38(5)45(39(6)34-41)47-43(49)30-28-26-24-22-20-18-16-14-12-10-8-2/h31-34H,7-30,35H2,1-6H3,(H,46,48)(H,47,49). The van der Waals surface area contributed by atoms with Gasteiger partial charge >= 0.3 is 0 Å². The van der Waals surface area contributed by atoms with Crippen LogP contribution in [0.4, 0.5) is 11.4 Å². The molecule has 4 heteroatoms. The van der Waals surface area contributed by atoms with Crippen molar-refractivity contribution in [2.45, 2.75) is 202 Å². The molecule has 0 spiro atoms. The minimum Gasteiger partial charge on any atom is -0.326 e. The third-order valence-corrected chi connectivity index (χ3v) is 10.1. The van der Waals surface area contributed by atoms with Crippen LogP contribution in [0.1, 0.15) is 201 Å². The molecule has 276 valence electrons. The maximum atomic E-state index is 12.8. The van der Waals surface area contributed by atoms with Crippen molar-refractivity contribution in [1.29, 1.82) is 0 Å². The molecule has 0 aliphatic heterocycles. The summed E-state index contributed by atoms with van der Waals surface area (Å²) in [5.74, 6) is 0.254. The van der Waals surface area contributed by atoms with Gasteiger partial charge in [-0.25, -0.2) is 0 Å². The van der Waals surface area contributed by atoms with E-state index in [1.807, 2.05) is 0 Å². The fourth-order valence-corrected chi connectivity index (χ4v) is 7.24. The van der Waals surface area contributed by atoms with E-state index in [-0.39, 0.29) is 11.8 Å². The van der Waals surface area contributed by atoms with Gasteiger partial charge in [-0.1, -0.05) is 167 Å². The summed E-state index contributed by atoms with van der Waals surface area (Å²) in [5.41, 5.74) is 8.85. The first-order chi connectivity index (χ1) is 23.7. The van der Waals surface area contributed by atoms with E-state index in [0.717, 1.165) is 65.7 Å². The molecular formula is C45H74N2O2. The third-order valence-electron chi connectivity index (χ3n) is 10.1. The molecule has 0 fully saturated rings. The highest BCUT2D eigenvalue weighted by molar-refractivity contribution is 5.93. The highest BCUT2D eigenvalue weighted by Crippen LogP contribution is 2.28. The Morgan fingerprint density at radius 2 is 0.653 bits per heavy atom. The Kier molecular flexibility index (Phi) is 22.8. The van der Waals surface area contributed by atoms with E-state index in [9.17, 15) is 9.59 Å². The molecule has 0 unspecified atom stereocenters. The number of aryl methyl sites for hydroxylation is 4. The van der Waals surface area contributed by atoms with Gasteiger partial charge in [0, 0.05) is 24.2 Å². The molecule has 0 aliphatic rings. The SMILES string of the molecule is CCCCCCCCCCCCCC(=O)Nc1c(C)cc(Cc2cc(C)c(NC(=O)CCCCCCCCCCCCC)c(C)c2)cc1C. The van der Waals surface area contributed by atoms with Crippen LogP contribution in [0.15, 0.2) is 24.3 Å². The number of benzene rings is 2. The second-order valence-corrected chi connectivity index (χ2v) is 15.1. The number of anilines is 2. The first kappa shape index (κ1) is 42.5. The molecule has 0 atom stereocenters. The van der Waals surface area contributed by atoms with Crippen LogP contribution >= 0.6 is 0 Å². The summed E-state index contributed by atoms with van der Waals surface area (Å²) in [6.45, 7) is 12.9. The second kappa shape index (κ2) is 26.2. The number of carbonyl (C=O) groups excluding carboxylic acids is 2. The Morgan fingerprint density at radius 3 is 0.918 bits per heavy atom. The van der Waals surface area contributed by atoms with Gasteiger partial charge in [0.05, 0.1) is 0 Å². The summed E-state index contributed by atoms with van der Waals surface area (Å²) < 4.78 is 0. The Morgan fingerprint density at radius 1 is 0.408 bits per heavy atom. The van der Waals surface area contributed by atoms with Crippen molar-refractivity contribution in [2.75, 3.05) is 10.6 Å². The second-order valence-electron chi connectivity index (χ2n) is 15.1. The monoisotopic (exact) mass is 675 g/mol. The first-order valence-corrected chi connectivity index (χ1v) is 20.5. The predicted octanol–water partition coefficient (Wildman–Crippen LogP) is 13.8. The van der Waals surface area contributed by atoms with Crippen molar-refractivity contribution in [3.05, 3.63) is 57.6 Å². The number of amides is 2. The fourth-order valence-electron chi connectivity index (χ4n) is 7.24. The quantitative estimate of drug-likeness (QED) is 0.0883. The van der Waals surface area contributed by atoms with Crippen LogP contribution in [-0.2, 0) is 16.0 Å². The van der Waals surface area contributed by atoms with E-state index in [1.165, 1.54) is 127 Å². The highest BCUT2D eigenvalue weighted by Gasteiger charge is 2.13. The van der Waals surface area contributed by atoms with Gasteiger partial charge in [-0.3, -0.25) is 9.59 Å². The molecule has 2 aromatic carbocycles. The molecular weight excluding hydrogens is 601 g/mol. The van der Waals surface area contributed by atoms with E-state index in [1.54, 1.807) is 0 Å². The van der Waals surface area contributed by atoms with Gasteiger partial charge in [0.25, 0.3) is 0 Å². The van der Waals surface area contributed by atoms with E-state index in [2.05, 4.69) is 76.4 Å². The van der Waals surface area contributed by atoms with E-state index in [4.69, 9.17) is 0 Å². The molecule has 2 aromatic rings. The number of carbonyl (C=O) groups is 2. The molecule has 0 heterocycles. The number of nitrogens with one attached hydrogen (secondary N) is 2. The van der Waals surface area contributed by atoms with Gasteiger partial charge in [-0.05, 0) is 80.3 Å². The van der Waals surface area contributed by atoms with Crippen LogP contribution in [-0.4, -0.2) is 11.8 Å². The lowest BCUT2D eigenvalue weighted by Crippen LogP contribution is -2.14. The van der Waals surface area contributed by atoms with Crippen LogP contribution in [0.2, 0.25) is 0 Å². The summed E-state index contributed by atoms with van der Waals surface area (Å²) in [6, 6.07) is 8.83. The average molecular weight is 675 g/mol. The number of rotatable bonds is 28. The molecule has 4 nitrogen and oxygen atoms in total. The highest BCUT2D eigenvalue weighted by atomic mass is 16.2. The van der Waals surface area contributed by atoms with Gasteiger partial charge in [0.15, 0.2) is 0 Å². The number of hydrogen-bond donors (Lipinski definition) is 2. The normalized spacial score (nSPS) is 11.2. The van der Waals surface area contributed by atoms with Gasteiger partial charge < -0.3 is 10.6 Å². The molecule has 2 amide bonds. The molecule has 2 rings (SSSR count). The molecule has 0 radical (unpaired) electrons. The maximum Gasteiger partial charge on any atom is 0.224 e. The zero-order valence-electron chi connectivity index (χ0n) is 32.8. The van der Waals surface area contributed by atoms with Crippen LogP contribution in [0.25, 0.3) is 0 Å². The Bertz CT molecular complexity index is 1080. The zero-order chi connectivity index (χ0) is 35.7. The minimum atomic E-state index is 0.127. The minimum absolute atomic E-state index is 0.127. The molecule has 0 bridgehead atoms. The van der Waals surface area contributed by atoms with Crippen LogP contribution in [0, 0.1) is 27.7 Å². The molecule has 0 saturated carbocycles. The van der Waals surface area contributed by atoms with Crippen molar-refractivity contribution >= 4 is 23.2 Å². The fraction of sp³-hybridized carbons (Fsp3) is 0.689. The lowest BCUT2D eigenvalue weighted by atomic mass is 9.96. The van der Waals surface area contributed by atoms with Crippen molar-refractivity contribution < 1.29 is 9.59 Å². The van der Waals surface area contributed by atoms with Gasteiger partial charge in [0.1, 0.15) is 0 Å². The van der Waals surface area contributed by atoms with Crippen molar-refractivity contribution in [3.8, 4) is 0 Å². The summed E-state index contributed by atoms with van der Waals surface area (Å²) in [5, 5.41) is 6.41. The molecule has 0 aromatic heterocycles. The summed E-state index contributed by atoms with van der Waals surface area (Å²) in [7, 11) is 0. The maximum absolute atomic E-state index is 12.8. The lowest BCUT2D eigenvalue weighted by molar-refractivity contribution is -0.117. The first-order valence-electron chi connectivity index (χ1n) is 20.5. The van der Waals surface area contributed by atoms with Gasteiger partial charge in [0.2, 0.25) is 11.8 Å². The smallest absolute Gasteiger partial charge is 0.224 e. The van der Waals surface area contributed by atoms with Crippen LogP contribution in [0.5, 0.6) is 0 Å². The van der Waals surface area contributed by atoms with E-state index < -0.39 is 0 Å². The van der Waals surface area contributed by atoms with Crippen LogP contribution < -0.4 is 10.6 Å². The Labute approximate surface area is 302 Å². The predicted molar refractivity (Wildman–Crippen MR) is 214 cm³/mol. The Balaban J connectivity index is 1.72. The topological polar surface area (TPSA) is 58.2 Å². The van der Waals surface area contributed by atoms with Crippen LogP contribution in [0.3, 0.4) is 0 Å². The molecule has 0 aliphatic carbocycles. The van der Waals surface area contributed by atoms with Crippen molar-refractivity contribution in [2.24, 2.45) is 0 Å². The summed E-state index contributed by atoms with van der Waals surface area (Å²) >= 11 is 0. The zero-order valence-corrected chi connectivity index (χ0v) is 32.8. The van der Waals surface area contributed by atoms with Crippen molar-refractivity contribution in [1.82, 2.24) is 0 Å². The average Bonchev–Trinajstić information content (AvgIpc) is 3.06. The van der Waals surface area contributed by atoms with Crippen molar-refractivity contribution in [3.63, 3.8) is 0 Å².